The molecule has 0 aliphatic carbocycles. The van der Waals surface area contributed by atoms with Crippen molar-refractivity contribution in [3.8, 4) is 0 Å². The Kier molecular flexibility index (Phi) is 3.45. The minimum absolute atomic E-state index is 0.0615. The van der Waals surface area contributed by atoms with Crippen LogP contribution in [0.15, 0.2) is 6.07 Å². The first-order valence-corrected chi connectivity index (χ1v) is 8.46. The molecule has 1 spiro atoms. The average molecular weight is 343 g/mol. The van der Waals surface area contributed by atoms with E-state index < -0.39 is 11.7 Å². The third-order valence-electron chi connectivity index (χ3n) is 5.02. The Morgan fingerprint density at radius 2 is 2.20 bits per heavy atom. The van der Waals surface area contributed by atoms with Gasteiger partial charge in [0.05, 0.1) is 29.7 Å². The molecule has 2 amide bonds. The molecule has 0 saturated carbocycles. The third-order valence-corrected chi connectivity index (χ3v) is 5.02. The van der Waals surface area contributed by atoms with Crippen molar-refractivity contribution in [1.82, 2.24) is 25.0 Å². The van der Waals surface area contributed by atoms with Crippen molar-refractivity contribution in [3.05, 3.63) is 23.0 Å². The van der Waals surface area contributed by atoms with Gasteiger partial charge < -0.3 is 15.0 Å². The number of piperidine rings is 1. The number of aromatic nitrogens is 3. The smallest absolute Gasteiger partial charge is 0.407 e. The van der Waals surface area contributed by atoms with Gasteiger partial charge in [-0.25, -0.2) is 9.78 Å². The molecule has 2 aliphatic rings. The van der Waals surface area contributed by atoms with Crippen LogP contribution in [-0.2, 0) is 11.8 Å². The molecule has 0 bridgehead atoms. The summed E-state index contributed by atoms with van der Waals surface area (Å²) >= 11 is 0. The topological polar surface area (TPSA) is 89.4 Å². The second kappa shape index (κ2) is 5.44. The van der Waals surface area contributed by atoms with Crippen molar-refractivity contribution >= 4 is 23.0 Å². The Balaban J connectivity index is 1.71. The maximum Gasteiger partial charge on any atom is 0.407 e. The molecule has 8 nitrogen and oxygen atoms in total. The van der Waals surface area contributed by atoms with Crippen LogP contribution in [0.25, 0.3) is 11.0 Å². The molecule has 1 atom stereocenters. The quantitative estimate of drug-likeness (QED) is 0.843. The van der Waals surface area contributed by atoms with Crippen LogP contribution in [-0.4, -0.2) is 56.9 Å². The molecule has 2 fully saturated rings. The van der Waals surface area contributed by atoms with Crippen molar-refractivity contribution in [1.29, 1.82) is 0 Å². The van der Waals surface area contributed by atoms with E-state index in [-0.39, 0.29) is 5.91 Å². The minimum Gasteiger partial charge on any atom is -0.439 e. The second-order valence-electron chi connectivity index (χ2n) is 6.98. The number of likely N-dealkylation sites (tertiary alicyclic amines) is 1. The Morgan fingerprint density at radius 3 is 2.92 bits per heavy atom. The number of ether oxygens (including phenoxy) is 1. The van der Waals surface area contributed by atoms with Crippen molar-refractivity contribution < 1.29 is 14.3 Å². The van der Waals surface area contributed by atoms with E-state index in [1.54, 1.807) is 9.58 Å². The molecule has 2 aliphatic heterocycles. The maximum atomic E-state index is 13.2. The number of amides is 2. The summed E-state index contributed by atoms with van der Waals surface area (Å²) in [6.45, 7) is 5.27. The lowest BCUT2D eigenvalue weighted by atomic mass is 9.92. The zero-order valence-electron chi connectivity index (χ0n) is 14.6. The number of rotatable bonds is 1. The molecule has 4 heterocycles. The van der Waals surface area contributed by atoms with Gasteiger partial charge in [0.2, 0.25) is 0 Å². The van der Waals surface area contributed by atoms with E-state index in [1.807, 2.05) is 27.0 Å². The summed E-state index contributed by atoms with van der Waals surface area (Å²) in [6.07, 6.45) is 1.17. The SMILES string of the molecule is Cc1cc(C(=O)N2CCC[C@]3(CNC(=O)O3)C2)c2c(C)nn(C)c2n1. The van der Waals surface area contributed by atoms with Crippen LogP contribution in [0, 0.1) is 13.8 Å². The number of pyridine rings is 1. The van der Waals surface area contributed by atoms with Gasteiger partial charge in [-0.2, -0.15) is 5.10 Å². The van der Waals surface area contributed by atoms with Gasteiger partial charge in [-0.05, 0) is 32.8 Å². The summed E-state index contributed by atoms with van der Waals surface area (Å²) in [5, 5.41) is 7.90. The molecular formula is C17H21N5O3. The molecular weight excluding hydrogens is 322 g/mol. The summed E-state index contributed by atoms with van der Waals surface area (Å²) in [7, 11) is 1.83. The lowest BCUT2D eigenvalue weighted by Crippen LogP contribution is -2.52. The van der Waals surface area contributed by atoms with E-state index in [4.69, 9.17) is 4.74 Å². The molecule has 8 heteroatoms. The monoisotopic (exact) mass is 343 g/mol. The summed E-state index contributed by atoms with van der Waals surface area (Å²) in [5.41, 5.74) is 2.29. The fourth-order valence-corrected chi connectivity index (χ4v) is 3.91. The fourth-order valence-electron chi connectivity index (χ4n) is 3.91. The highest BCUT2D eigenvalue weighted by Crippen LogP contribution is 2.30. The van der Waals surface area contributed by atoms with Gasteiger partial charge in [0.15, 0.2) is 5.65 Å². The Hall–Kier alpha value is -2.64. The third kappa shape index (κ3) is 2.52. The van der Waals surface area contributed by atoms with Crippen molar-refractivity contribution in [2.45, 2.75) is 32.3 Å². The predicted octanol–water partition coefficient (Wildman–Crippen LogP) is 1.30. The highest BCUT2D eigenvalue weighted by molar-refractivity contribution is 6.06. The first-order chi connectivity index (χ1) is 11.9. The van der Waals surface area contributed by atoms with E-state index >= 15 is 0 Å². The first-order valence-electron chi connectivity index (χ1n) is 8.46. The highest BCUT2D eigenvalue weighted by atomic mass is 16.6. The zero-order valence-corrected chi connectivity index (χ0v) is 14.6. The first kappa shape index (κ1) is 15.9. The Labute approximate surface area is 145 Å². The molecule has 0 unspecified atom stereocenters. The Bertz CT molecular complexity index is 890. The number of carbonyl (C=O) groups is 2. The van der Waals surface area contributed by atoms with Crippen molar-refractivity contribution in [2.75, 3.05) is 19.6 Å². The van der Waals surface area contributed by atoms with Crippen LogP contribution in [0.3, 0.4) is 0 Å². The molecule has 4 rings (SSSR count). The lowest BCUT2D eigenvalue weighted by molar-refractivity contribution is -0.00497. The summed E-state index contributed by atoms with van der Waals surface area (Å²) < 4.78 is 7.18. The summed E-state index contributed by atoms with van der Waals surface area (Å²) in [6, 6.07) is 1.82. The van der Waals surface area contributed by atoms with E-state index in [0.717, 1.165) is 29.6 Å². The van der Waals surface area contributed by atoms with E-state index in [1.165, 1.54) is 0 Å². The van der Waals surface area contributed by atoms with Gasteiger partial charge in [-0.1, -0.05) is 0 Å². The lowest BCUT2D eigenvalue weighted by Gasteiger charge is -2.38. The number of nitrogens with one attached hydrogen (secondary N) is 1. The molecule has 25 heavy (non-hydrogen) atoms. The van der Waals surface area contributed by atoms with Gasteiger partial charge >= 0.3 is 6.09 Å². The summed E-state index contributed by atoms with van der Waals surface area (Å²) in [5.74, 6) is -0.0615. The Morgan fingerprint density at radius 1 is 1.40 bits per heavy atom. The van der Waals surface area contributed by atoms with E-state index in [0.29, 0.717) is 30.8 Å². The maximum absolute atomic E-state index is 13.2. The van der Waals surface area contributed by atoms with Gasteiger partial charge in [-0.3, -0.25) is 9.48 Å². The highest BCUT2D eigenvalue weighted by Gasteiger charge is 2.45. The summed E-state index contributed by atoms with van der Waals surface area (Å²) in [4.78, 5) is 31.0. The van der Waals surface area contributed by atoms with Crippen LogP contribution in [0.4, 0.5) is 4.79 Å². The molecule has 0 aromatic carbocycles. The van der Waals surface area contributed by atoms with Gasteiger partial charge in [0.25, 0.3) is 5.91 Å². The average Bonchev–Trinajstić information content (AvgIpc) is 3.06. The minimum atomic E-state index is -0.601. The number of carbonyl (C=O) groups excluding carboxylic acids is 2. The number of fused-ring (bicyclic) bond motifs is 1. The van der Waals surface area contributed by atoms with Crippen molar-refractivity contribution in [2.24, 2.45) is 7.05 Å². The number of hydrogen-bond acceptors (Lipinski definition) is 5. The van der Waals surface area contributed by atoms with Crippen LogP contribution < -0.4 is 5.32 Å². The molecule has 2 saturated heterocycles. The zero-order chi connectivity index (χ0) is 17.8. The fraction of sp³-hybridized carbons (Fsp3) is 0.529. The van der Waals surface area contributed by atoms with Gasteiger partial charge in [0, 0.05) is 19.3 Å². The number of hydrogen-bond donors (Lipinski definition) is 1. The van der Waals surface area contributed by atoms with Gasteiger partial charge in [0.1, 0.15) is 5.60 Å². The number of alkyl carbamates (subject to hydrolysis) is 1. The molecule has 2 aromatic rings. The van der Waals surface area contributed by atoms with Crippen LogP contribution in [0.1, 0.15) is 34.6 Å². The van der Waals surface area contributed by atoms with E-state index in [9.17, 15) is 9.59 Å². The van der Waals surface area contributed by atoms with Crippen LogP contribution in [0.2, 0.25) is 0 Å². The van der Waals surface area contributed by atoms with E-state index in [2.05, 4.69) is 15.4 Å². The molecule has 0 radical (unpaired) electrons. The largest absolute Gasteiger partial charge is 0.439 e. The molecule has 2 aromatic heterocycles. The standard InChI is InChI=1S/C17H21N5O3/c1-10-7-12(13-11(2)20-21(3)14(13)19-10)15(23)22-6-4-5-17(9-22)8-18-16(24)25-17/h7H,4-6,8-9H2,1-3H3,(H,18,24)/t17-/m0/s1. The predicted molar refractivity (Wildman–Crippen MR) is 90.3 cm³/mol. The molecule has 132 valence electrons. The second-order valence-corrected chi connectivity index (χ2v) is 6.98. The van der Waals surface area contributed by atoms with Crippen LogP contribution >= 0.6 is 0 Å². The van der Waals surface area contributed by atoms with Crippen LogP contribution in [0.5, 0.6) is 0 Å². The normalized spacial score (nSPS) is 23.2. The van der Waals surface area contributed by atoms with Crippen molar-refractivity contribution in [3.63, 3.8) is 0 Å². The molecule has 1 N–H and O–H groups in total. The number of nitrogens with zero attached hydrogens (tertiary/aromatic N) is 4. The van der Waals surface area contributed by atoms with Gasteiger partial charge in [-0.15, -0.1) is 0 Å². The number of aryl methyl sites for hydroxylation is 3.